The largest absolute Gasteiger partial charge is 0.469 e. The minimum absolute atomic E-state index is 0.105. The van der Waals surface area contributed by atoms with E-state index in [1.54, 1.807) is 0 Å². The Labute approximate surface area is 86.2 Å². The molecule has 1 saturated carbocycles. The van der Waals surface area contributed by atoms with Gasteiger partial charge in [-0.05, 0) is 38.1 Å². The van der Waals surface area contributed by atoms with E-state index in [1.165, 1.54) is 26.4 Å². The summed E-state index contributed by atoms with van der Waals surface area (Å²) in [4.78, 5) is 10.8. The molecule has 0 aliphatic heterocycles. The number of esters is 1. The Balaban J connectivity index is 1.96. The lowest BCUT2D eigenvalue weighted by Crippen LogP contribution is -2.27. The summed E-state index contributed by atoms with van der Waals surface area (Å²) in [6, 6.07) is 0.683. The summed E-state index contributed by atoms with van der Waals surface area (Å²) in [6.45, 7) is 3.24. The molecule has 0 aromatic heterocycles. The van der Waals surface area contributed by atoms with Gasteiger partial charge in [0.1, 0.15) is 0 Å². The topological polar surface area (TPSA) is 38.3 Å². The van der Waals surface area contributed by atoms with Crippen LogP contribution in [0.3, 0.4) is 0 Å². The maximum Gasteiger partial charge on any atom is 0.305 e. The van der Waals surface area contributed by atoms with Gasteiger partial charge in [-0.15, -0.1) is 0 Å². The van der Waals surface area contributed by atoms with E-state index in [0.717, 1.165) is 18.9 Å². The fourth-order valence-corrected chi connectivity index (χ4v) is 2.03. The number of hydrogen-bond donors (Lipinski definition) is 1. The molecule has 3 nitrogen and oxygen atoms in total. The molecule has 2 unspecified atom stereocenters. The summed E-state index contributed by atoms with van der Waals surface area (Å²) >= 11 is 0. The highest BCUT2D eigenvalue weighted by molar-refractivity contribution is 5.69. The van der Waals surface area contributed by atoms with Gasteiger partial charge in [0.2, 0.25) is 0 Å². The lowest BCUT2D eigenvalue weighted by molar-refractivity contribution is -0.140. The molecular formula is C11H21NO2. The third kappa shape index (κ3) is 4.09. The number of carbonyl (C=O) groups is 1. The quantitative estimate of drug-likeness (QED) is 0.541. The third-order valence-corrected chi connectivity index (χ3v) is 2.91. The van der Waals surface area contributed by atoms with E-state index in [2.05, 4.69) is 17.0 Å². The normalized spacial score (nSPS) is 26.4. The zero-order chi connectivity index (χ0) is 10.4. The van der Waals surface area contributed by atoms with Gasteiger partial charge in [0, 0.05) is 12.5 Å². The summed E-state index contributed by atoms with van der Waals surface area (Å²) < 4.78 is 4.57. The maximum absolute atomic E-state index is 10.8. The smallest absolute Gasteiger partial charge is 0.305 e. The van der Waals surface area contributed by atoms with Gasteiger partial charge in [0.25, 0.3) is 0 Å². The van der Waals surface area contributed by atoms with Crippen molar-refractivity contribution < 1.29 is 9.53 Å². The van der Waals surface area contributed by atoms with E-state index in [4.69, 9.17) is 0 Å². The van der Waals surface area contributed by atoms with E-state index in [1.807, 2.05) is 0 Å². The predicted octanol–water partition coefficient (Wildman–Crippen LogP) is 1.72. The average Bonchev–Trinajstić information content (AvgIpc) is 2.58. The molecule has 1 aliphatic carbocycles. The second kappa shape index (κ2) is 6.02. The van der Waals surface area contributed by atoms with Crippen LogP contribution in [0.25, 0.3) is 0 Å². The van der Waals surface area contributed by atoms with Crippen molar-refractivity contribution in [3.63, 3.8) is 0 Å². The fraction of sp³-hybridized carbons (Fsp3) is 0.909. The molecule has 0 radical (unpaired) electrons. The summed E-state index contributed by atoms with van der Waals surface area (Å²) in [7, 11) is 1.44. The first kappa shape index (κ1) is 11.5. The molecule has 82 valence electrons. The molecule has 0 aromatic rings. The van der Waals surface area contributed by atoms with Gasteiger partial charge in [-0.3, -0.25) is 4.79 Å². The van der Waals surface area contributed by atoms with Crippen LogP contribution in [0.4, 0.5) is 0 Å². The average molecular weight is 199 g/mol. The summed E-state index contributed by atoms with van der Waals surface area (Å²) in [5.41, 5.74) is 0. The fourth-order valence-electron chi connectivity index (χ4n) is 2.03. The molecule has 2 atom stereocenters. The molecule has 0 spiro atoms. The van der Waals surface area contributed by atoms with Crippen LogP contribution in [0, 0.1) is 5.92 Å². The highest BCUT2D eigenvalue weighted by Crippen LogP contribution is 2.24. The molecule has 3 heteroatoms. The van der Waals surface area contributed by atoms with Gasteiger partial charge in [-0.25, -0.2) is 0 Å². The standard InChI is InChI=1S/C11H21NO2/c1-9-5-6-10(8-9)12-7-3-4-11(13)14-2/h9-10,12H,3-8H2,1-2H3. The molecular weight excluding hydrogens is 178 g/mol. The third-order valence-electron chi connectivity index (χ3n) is 2.91. The monoisotopic (exact) mass is 199 g/mol. The van der Waals surface area contributed by atoms with Gasteiger partial charge in [-0.1, -0.05) is 6.92 Å². The van der Waals surface area contributed by atoms with Crippen LogP contribution >= 0.6 is 0 Å². The van der Waals surface area contributed by atoms with E-state index in [9.17, 15) is 4.79 Å². The second-order valence-electron chi connectivity index (χ2n) is 4.25. The Kier molecular flexibility index (Phi) is 4.94. The first-order valence-corrected chi connectivity index (χ1v) is 5.52. The Morgan fingerprint density at radius 2 is 2.29 bits per heavy atom. The maximum atomic E-state index is 10.8. The van der Waals surface area contributed by atoms with Crippen molar-refractivity contribution in [1.29, 1.82) is 0 Å². The SMILES string of the molecule is COC(=O)CCCNC1CCC(C)C1. The van der Waals surface area contributed by atoms with Crippen molar-refractivity contribution in [3.8, 4) is 0 Å². The molecule has 14 heavy (non-hydrogen) atoms. The molecule has 0 amide bonds. The molecule has 0 saturated heterocycles. The van der Waals surface area contributed by atoms with E-state index >= 15 is 0 Å². The van der Waals surface area contributed by atoms with Gasteiger partial charge < -0.3 is 10.1 Å². The highest BCUT2D eigenvalue weighted by atomic mass is 16.5. The van der Waals surface area contributed by atoms with Crippen molar-refractivity contribution in [2.75, 3.05) is 13.7 Å². The zero-order valence-corrected chi connectivity index (χ0v) is 9.21. The molecule has 1 fully saturated rings. The first-order valence-electron chi connectivity index (χ1n) is 5.52. The molecule has 0 heterocycles. The number of rotatable bonds is 5. The van der Waals surface area contributed by atoms with Gasteiger partial charge in [0.05, 0.1) is 7.11 Å². The number of methoxy groups -OCH3 is 1. The lowest BCUT2D eigenvalue weighted by atomic mass is 10.1. The summed E-state index contributed by atoms with van der Waals surface area (Å²) in [5, 5.41) is 3.48. The Bertz CT molecular complexity index is 182. The number of hydrogen-bond acceptors (Lipinski definition) is 3. The van der Waals surface area contributed by atoms with Crippen LogP contribution in [-0.2, 0) is 9.53 Å². The second-order valence-corrected chi connectivity index (χ2v) is 4.25. The van der Waals surface area contributed by atoms with Gasteiger partial charge >= 0.3 is 5.97 Å². The van der Waals surface area contributed by atoms with E-state index < -0.39 is 0 Å². The van der Waals surface area contributed by atoms with Crippen LogP contribution < -0.4 is 5.32 Å². The Hall–Kier alpha value is -0.570. The molecule has 1 aliphatic rings. The summed E-state index contributed by atoms with van der Waals surface area (Å²) in [5.74, 6) is 0.764. The Morgan fingerprint density at radius 3 is 2.86 bits per heavy atom. The minimum atomic E-state index is -0.105. The van der Waals surface area contributed by atoms with Crippen molar-refractivity contribution in [2.24, 2.45) is 5.92 Å². The van der Waals surface area contributed by atoms with Crippen molar-refractivity contribution in [1.82, 2.24) is 5.32 Å². The zero-order valence-electron chi connectivity index (χ0n) is 9.21. The van der Waals surface area contributed by atoms with Crippen molar-refractivity contribution >= 4 is 5.97 Å². The van der Waals surface area contributed by atoms with Crippen molar-refractivity contribution in [2.45, 2.75) is 45.1 Å². The van der Waals surface area contributed by atoms with Crippen LogP contribution in [-0.4, -0.2) is 25.7 Å². The van der Waals surface area contributed by atoms with E-state index in [0.29, 0.717) is 12.5 Å². The summed E-state index contributed by atoms with van der Waals surface area (Å²) in [6.07, 6.45) is 5.34. The number of ether oxygens (including phenoxy) is 1. The van der Waals surface area contributed by atoms with Gasteiger partial charge in [-0.2, -0.15) is 0 Å². The number of nitrogens with one attached hydrogen (secondary N) is 1. The van der Waals surface area contributed by atoms with Crippen LogP contribution in [0.5, 0.6) is 0 Å². The van der Waals surface area contributed by atoms with Crippen LogP contribution in [0.2, 0.25) is 0 Å². The molecule has 1 rings (SSSR count). The molecule has 0 bridgehead atoms. The van der Waals surface area contributed by atoms with Crippen LogP contribution in [0.15, 0.2) is 0 Å². The predicted molar refractivity (Wildman–Crippen MR) is 56.1 cm³/mol. The Morgan fingerprint density at radius 1 is 1.50 bits per heavy atom. The first-order chi connectivity index (χ1) is 6.72. The van der Waals surface area contributed by atoms with E-state index in [-0.39, 0.29) is 5.97 Å². The number of carbonyl (C=O) groups excluding carboxylic acids is 1. The highest BCUT2D eigenvalue weighted by Gasteiger charge is 2.20. The van der Waals surface area contributed by atoms with Gasteiger partial charge in [0.15, 0.2) is 0 Å². The lowest BCUT2D eigenvalue weighted by Gasteiger charge is -2.11. The van der Waals surface area contributed by atoms with Crippen LogP contribution in [0.1, 0.15) is 39.0 Å². The minimum Gasteiger partial charge on any atom is -0.469 e. The van der Waals surface area contributed by atoms with Crippen molar-refractivity contribution in [3.05, 3.63) is 0 Å². The molecule has 1 N–H and O–H groups in total. The molecule has 0 aromatic carbocycles.